The molecule has 1 atom stereocenters. The minimum absolute atomic E-state index is 0.211. The van der Waals surface area contributed by atoms with Crippen LogP contribution in [0.3, 0.4) is 0 Å². The second-order valence-electron chi connectivity index (χ2n) is 4.12. The number of tetrazole rings is 1. The highest BCUT2D eigenvalue weighted by Crippen LogP contribution is 2.39. The SMILES string of the molecule is COc1ccc(C(O)Cc2nnn(C)n2)c(Cl)c1OC. The molecule has 0 saturated heterocycles. The van der Waals surface area contributed by atoms with Gasteiger partial charge in [-0.15, -0.1) is 10.2 Å². The van der Waals surface area contributed by atoms with Crippen molar-refractivity contribution in [2.24, 2.45) is 7.05 Å². The quantitative estimate of drug-likeness (QED) is 0.892. The second kappa shape index (κ2) is 6.06. The topological polar surface area (TPSA) is 82.3 Å². The first-order valence-corrected chi connectivity index (χ1v) is 6.26. The molecule has 0 aliphatic heterocycles. The lowest BCUT2D eigenvalue weighted by molar-refractivity contribution is 0.175. The number of methoxy groups -OCH3 is 2. The zero-order chi connectivity index (χ0) is 14.7. The molecule has 0 radical (unpaired) electrons. The number of rotatable bonds is 5. The smallest absolute Gasteiger partial charge is 0.179 e. The molecule has 8 heteroatoms. The van der Waals surface area contributed by atoms with Gasteiger partial charge in [-0.1, -0.05) is 17.7 Å². The average molecular weight is 299 g/mol. The van der Waals surface area contributed by atoms with Gasteiger partial charge < -0.3 is 14.6 Å². The van der Waals surface area contributed by atoms with Crippen LogP contribution < -0.4 is 9.47 Å². The highest BCUT2D eigenvalue weighted by molar-refractivity contribution is 6.33. The number of benzene rings is 1. The van der Waals surface area contributed by atoms with Crippen molar-refractivity contribution in [3.63, 3.8) is 0 Å². The maximum Gasteiger partial charge on any atom is 0.179 e. The van der Waals surface area contributed by atoms with Gasteiger partial charge in [0.05, 0.1) is 32.4 Å². The molecule has 0 aliphatic carbocycles. The number of hydrogen-bond donors (Lipinski definition) is 1. The summed E-state index contributed by atoms with van der Waals surface area (Å²) in [6, 6.07) is 3.37. The van der Waals surface area contributed by atoms with E-state index in [4.69, 9.17) is 21.1 Å². The van der Waals surface area contributed by atoms with Gasteiger partial charge in [-0.25, -0.2) is 0 Å². The highest BCUT2D eigenvalue weighted by Gasteiger charge is 2.20. The summed E-state index contributed by atoms with van der Waals surface area (Å²) in [5, 5.41) is 22.1. The summed E-state index contributed by atoms with van der Waals surface area (Å²) in [5.41, 5.74) is 0.525. The van der Waals surface area contributed by atoms with Crippen LogP contribution in [0.5, 0.6) is 11.5 Å². The Hall–Kier alpha value is -1.86. The number of aliphatic hydroxyl groups excluding tert-OH is 1. The fourth-order valence-electron chi connectivity index (χ4n) is 1.85. The van der Waals surface area contributed by atoms with Crippen LogP contribution in [-0.4, -0.2) is 39.5 Å². The van der Waals surface area contributed by atoms with Gasteiger partial charge in [0, 0.05) is 12.0 Å². The molecule has 0 bridgehead atoms. The van der Waals surface area contributed by atoms with Gasteiger partial charge in [-0.2, -0.15) is 4.80 Å². The molecule has 20 heavy (non-hydrogen) atoms. The van der Waals surface area contributed by atoms with Gasteiger partial charge in [0.1, 0.15) is 0 Å². The van der Waals surface area contributed by atoms with Crippen LogP contribution >= 0.6 is 11.6 Å². The molecular weight excluding hydrogens is 284 g/mol. The normalized spacial score (nSPS) is 12.2. The molecule has 1 heterocycles. The van der Waals surface area contributed by atoms with E-state index in [2.05, 4.69) is 15.4 Å². The fourth-order valence-corrected chi connectivity index (χ4v) is 2.21. The third-order valence-corrected chi connectivity index (χ3v) is 3.19. The molecular formula is C12H15ClN4O3. The van der Waals surface area contributed by atoms with Crippen LogP contribution in [0, 0.1) is 0 Å². The van der Waals surface area contributed by atoms with E-state index < -0.39 is 6.10 Å². The van der Waals surface area contributed by atoms with Crippen molar-refractivity contribution in [2.45, 2.75) is 12.5 Å². The molecule has 0 aliphatic rings. The summed E-state index contributed by atoms with van der Waals surface area (Å²) in [6.07, 6.45) is -0.644. The van der Waals surface area contributed by atoms with Crippen LogP contribution in [0.2, 0.25) is 5.02 Å². The van der Waals surface area contributed by atoms with Crippen molar-refractivity contribution in [3.8, 4) is 11.5 Å². The van der Waals surface area contributed by atoms with Crippen LogP contribution in [0.15, 0.2) is 12.1 Å². The van der Waals surface area contributed by atoms with E-state index in [0.717, 1.165) is 0 Å². The largest absolute Gasteiger partial charge is 0.493 e. The minimum atomic E-state index is -0.855. The lowest BCUT2D eigenvalue weighted by atomic mass is 10.1. The van der Waals surface area contributed by atoms with Crippen LogP contribution in [-0.2, 0) is 13.5 Å². The maximum atomic E-state index is 10.2. The summed E-state index contributed by atoms with van der Waals surface area (Å²) in [6.45, 7) is 0. The Morgan fingerprint density at radius 1 is 1.35 bits per heavy atom. The molecule has 7 nitrogen and oxygen atoms in total. The van der Waals surface area contributed by atoms with Crippen molar-refractivity contribution >= 4 is 11.6 Å². The predicted molar refractivity (Wildman–Crippen MR) is 72.0 cm³/mol. The molecule has 1 aromatic heterocycles. The van der Waals surface area contributed by atoms with E-state index in [1.54, 1.807) is 19.2 Å². The Balaban J connectivity index is 2.28. The van der Waals surface area contributed by atoms with E-state index in [0.29, 0.717) is 27.9 Å². The Labute approximate surface area is 121 Å². The number of nitrogens with zero attached hydrogens (tertiary/aromatic N) is 4. The van der Waals surface area contributed by atoms with Gasteiger partial charge in [-0.05, 0) is 11.3 Å². The van der Waals surface area contributed by atoms with Crippen molar-refractivity contribution < 1.29 is 14.6 Å². The fraction of sp³-hybridized carbons (Fsp3) is 0.417. The summed E-state index contributed by atoms with van der Waals surface area (Å²) >= 11 is 6.23. The summed E-state index contributed by atoms with van der Waals surface area (Å²) in [4.78, 5) is 1.33. The molecule has 0 saturated carbocycles. The van der Waals surface area contributed by atoms with Gasteiger partial charge in [0.25, 0.3) is 0 Å². The third-order valence-electron chi connectivity index (χ3n) is 2.80. The van der Waals surface area contributed by atoms with Gasteiger partial charge in [-0.3, -0.25) is 0 Å². The standard InChI is InChI=1S/C12H15ClN4O3/c1-17-15-10(14-16-17)6-8(18)7-4-5-9(19-2)12(20-3)11(7)13/h4-5,8,18H,6H2,1-3H3. The Kier molecular flexibility index (Phi) is 4.41. The zero-order valence-corrected chi connectivity index (χ0v) is 12.1. The number of aromatic nitrogens is 4. The van der Waals surface area contributed by atoms with Gasteiger partial charge in [0.15, 0.2) is 17.3 Å². The molecule has 1 N–H and O–H groups in total. The average Bonchev–Trinajstić information content (AvgIpc) is 2.83. The molecule has 1 aromatic carbocycles. The summed E-state index contributed by atoms with van der Waals surface area (Å²) in [5.74, 6) is 1.33. The molecule has 0 spiro atoms. The lowest BCUT2D eigenvalue weighted by Gasteiger charge is -2.15. The number of halogens is 1. The molecule has 2 rings (SSSR count). The van der Waals surface area contributed by atoms with E-state index in [1.807, 2.05) is 0 Å². The predicted octanol–water partition coefficient (Wildman–Crippen LogP) is 1.16. The van der Waals surface area contributed by atoms with Crippen LogP contribution in [0.4, 0.5) is 0 Å². The van der Waals surface area contributed by atoms with E-state index in [-0.39, 0.29) is 6.42 Å². The first-order valence-electron chi connectivity index (χ1n) is 5.88. The second-order valence-corrected chi connectivity index (χ2v) is 4.50. The summed E-state index contributed by atoms with van der Waals surface area (Å²) in [7, 11) is 4.67. The molecule has 108 valence electrons. The summed E-state index contributed by atoms with van der Waals surface area (Å²) < 4.78 is 10.3. The monoisotopic (exact) mass is 298 g/mol. The van der Waals surface area contributed by atoms with Crippen LogP contribution in [0.1, 0.15) is 17.5 Å². The molecule has 0 amide bonds. The maximum absolute atomic E-state index is 10.2. The Morgan fingerprint density at radius 2 is 2.10 bits per heavy atom. The molecule has 0 fully saturated rings. The van der Waals surface area contributed by atoms with E-state index in [1.165, 1.54) is 19.0 Å². The first-order chi connectivity index (χ1) is 9.56. The van der Waals surface area contributed by atoms with Gasteiger partial charge in [0.2, 0.25) is 0 Å². The van der Waals surface area contributed by atoms with Crippen molar-refractivity contribution in [1.82, 2.24) is 20.2 Å². The number of hydrogen-bond acceptors (Lipinski definition) is 6. The molecule has 1 unspecified atom stereocenters. The zero-order valence-electron chi connectivity index (χ0n) is 11.4. The Bertz CT molecular complexity index is 602. The van der Waals surface area contributed by atoms with Crippen molar-refractivity contribution in [2.75, 3.05) is 14.2 Å². The van der Waals surface area contributed by atoms with Crippen molar-refractivity contribution in [1.29, 1.82) is 0 Å². The van der Waals surface area contributed by atoms with E-state index in [9.17, 15) is 5.11 Å². The van der Waals surface area contributed by atoms with Gasteiger partial charge >= 0.3 is 0 Å². The first kappa shape index (κ1) is 14.5. The van der Waals surface area contributed by atoms with Crippen molar-refractivity contribution in [3.05, 3.63) is 28.5 Å². The third kappa shape index (κ3) is 2.83. The Morgan fingerprint density at radius 3 is 2.65 bits per heavy atom. The lowest BCUT2D eigenvalue weighted by Crippen LogP contribution is -2.06. The highest BCUT2D eigenvalue weighted by atomic mass is 35.5. The number of aryl methyl sites for hydroxylation is 1. The number of ether oxygens (including phenoxy) is 2. The minimum Gasteiger partial charge on any atom is -0.493 e. The number of aliphatic hydroxyl groups is 1. The van der Waals surface area contributed by atoms with Crippen LogP contribution in [0.25, 0.3) is 0 Å². The van der Waals surface area contributed by atoms with E-state index >= 15 is 0 Å². The molecule has 2 aromatic rings.